The molecule has 9 heteroatoms. The molecule has 0 spiro atoms. The third kappa shape index (κ3) is 2.76. The number of aryl methyl sites for hydroxylation is 1. The molecular formula is C15H12FN3O4S. The number of hydrogen-bond donors (Lipinski definition) is 1. The number of nitrogens with zero attached hydrogens (tertiary/aromatic N) is 2. The molecule has 3 rings (SSSR count). The van der Waals surface area contributed by atoms with E-state index in [-0.39, 0.29) is 5.69 Å². The third-order valence-corrected chi connectivity index (χ3v) is 5.14. The van der Waals surface area contributed by atoms with Crippen molar-refractivity contribution in [1.82, 2.24) is 9.88 Å². The predicted octanol–water partition coefficient (Wildman–Crippen LogP) is 1.68. The summed E-state index contributed by atoms with van der Waals surface area (Å²) in [6.07, 6.45) is 2.98. The van der Waals surface area contributed by atoms with Crippen LogP contribution in [0.1, 0.15) is 40.2 Å². The summed E-state index contributed by atoms with van der Waals surface area (Å²) in [6, 6.07) is 4.65. The SMILES string of the molecule is N#Cc1c(F)cccc1S(=O)(=O)NC(=O)c1noc2c1CCCC2. The first-order valence-electron chi connectivity index (χ1n) is 7.17. The van der Waals surface area contributed by atoms with Gasteiger partial charge in [0.05, 0.1) is 0 Å². The highest BCUT2D eigenvalue weighted by Crippen LogP contribution is 2.25. The van der Waals surface area contributed by atoms with Crippen molar-refractivity contribution in [2.75, 3.05) is 0 Å². The Bertz CT molecular complexity index is 960. The molecule has 0 unspecified atom stereocenters. The Morgan fingerprint density at radius 1 is 1.33 bits per heavy atom. The number of carbonyl (C=O) groups excluding carboxylic acids is 1. The van der Waals surface area contributed by atoms with Crippen molar-refractivity contribution < 1.29 is 22.1 Å². The minimum atomic E-state index is -4.42. The normalized spacial score (nSPS) is 13.8. The quantitative estimate of drug-likeness (QED) is 0.902. The molecule has 1 aliphatic carbocycles. The molecule has 0 fully saturated rings. The lowest BCUT2D eigenvalue weighted by molar-refractivity contribution is 0.0972. The van der Waals surface area contributed by atoms with Crippen LogP contribution >= 0.6 is 0 Å². The fourth-order valence-electron chi connectivity index (χ4n) is 2.63. The molecule has 124 valence electrons. The van der Waals surface area contributed by atoms with Crippen LogP contribution in [0.4, 0.5) is 4.39 Å². The Kier molecular flexibility index (Phi) is 4.07. The van der Waals surface area contributed by atoms with Gasteiger partial charge in [0.2, 0.25) is 0 Å². The maximum Gasteiger partial charge on any atom is 0.287 e. The second-order valence-corrected chi connectivity index (χ2v) is 6.95. The topological polar surface area (TPSA) is 113 Å². The minimum absolute atomic E-state index is 0.0943. The van der Waals surface area contributed by atoms with Gasteiger partial charge in [-0.3, -0.25) is 4.79 Å². The summed E-state index contributed by atoms with van der Waals surface area (Å²) in [4.78, 5) is 11.7. The standard InChI is InChI=1S/C15H12FN3O4S/c16-11-5-3-7-13(10(11)8-17)24(21,22)19-15(20)14-9-4-1-2-6-12(9)23-18-14/h3,5,7H,1-2,4,6H2,(H,19,20). The van der Waals surface area contributed by atoms with Crippen LogP contribution in [0, 0.1) is 17.1 Å². The molecule has 1 amide bonds. The average molecular weight is 349 g/mol. The summed E-state index contributed by atoms with van der Waals surface area (Å²) in [5, 5.41) is 12.6. The Balaban J connectivity index is 1.93. The molecule has 1 N–H and O–H groups in total. The maximum absolute atomic E-state index is 13.6. The fraction of sp³-hybridized carbons (Fsp3) is 0.267. The number of carbonyl (C=O) groups is 1. The van der Waals surface area contributed by atoms with Gasteiger partial charge in [0, 0.05) is 12.0 Å². The van der Waals surface area contributed by atoms with Crippen molar-refractivity contribution in [3.05, 3.63) is 46.6 Å². The highest BCUT2D eigenvalue weighted by Gasteiger charge is 2.29. The number of rotatable bonds is 3. The van der Waals surface area contributed by atoms with Gasteiger partial charge in [-0.2, -0.15) is 5.26 Å². The minimum Gasteiger partial charge on any atom is -0.360 e. The molecule has 2 aromatic rings. The number of sulfonamides is 1. The van der Waals surface area contributed by atoms with E-state index in [1.807, 2.05) is 4.72 Å². The molecule has 0 saturated carbocycles. The summed E-state index contributed by atoms with van der Waals surface area (Å²) in [6.45, 7) is 0. The maximum atomic E-state index is 13.6. The van der Waals surface area contributed by atoms with Crippen LogP contribution in [0.25, 0.3) is 0 Å². The zero-order valence-corrected chi connectivity index (χ0v) is 13.2. The van der Waals surface area contributed by atoms with Crippen LogP contribution in [0.5, 0.6) is 0 Å². The van der Waals surface area contributed by atoms with Crippen LogP contribution in [-0.4, -0.2) is 19.5 Å². The van der Waals surface area contributed by atoms with Crippen molar-refractivity contribution in [2.24, 2.45) is 0 Å². The van der Waals surface area contributed by atoms with Gasteiger partial charge in [-0.05, 0) is 31.4 Å². The van der Waals surface area contributed by atoms with E-state index in [0.717, 1.165) is 31.0 Å². The molecule has 0 atom stereocenters. The number of nitrogens with one attached hydrogen (secondary N) is 1. The van der Waals surface area contributed by atoms with Crippen LogP contribution < -0.4 is 4.72 Å². The first-order valence-corrected chi connectivity index (χ1v) is 8.65. The first kappa shape index (κ1) is 16.1. The van der Waals surface area contributed by atoms with E-state index in [4.69, 9.17) is 9.78 Å². The number of amides is 1. The molecule has 24 heavy (non-hydrogen) atoms. The molecule has 1 aromatic heterocycles. The Labute approximate surface area is 137 Å². The van der Waals surface area contributed by atoms with Gasteiger partial charge in [0.15, 0.2) is 5.69 Å². The summed E-state index contributed by atoms with van der Waals surface area (Å²) in [5.41, 5.74) is -0.156. The zero-order valence-electron chi connectivity index (χ0n) is 12.4. The predicted molar refractivity (Wildman–Crippen MR) is 78.9 cm³/mol. The van der Waals surface area contributed by atoms with Crippen molar-refractivity contribution in [3.63, 3.8) is 0 Å². The van der Waals surface area contributed by atoms with Crippen molar-refractivity contribution >= 4 is 15.9 Å². The van der Waals surface area contributed by atoms with Gasteiger partial charge < -0.3 is 4.52 Å². The third-order valence-electron chi connectivity index (χ3n) is 3.77. The number of benzene rings is 1. The van der Waals surface area contributed by atoms with E-state index < -0.39 is 32.2 Å². The number of nitriles is 1. The molecular weight excluding hydrogens is 337 g/mol. The van der Waals surface area contributed by atoms with Gasteiger partial charge in [-0.25, -0.2) is 17.5 Å². The van der Waals surface area contributed by atoms with Gasteiger partial charge in [0.25, 0.3) is 15.9 Å². The molecule has 0 saturated heterocycles. The number of aromatic nitrogens is 1. The van der Waals surface area contributed by atoms with Gasteiger partial charge in [-0.15, -0.1) is 0 Å². The van der Waals surface area contributed by atoms with Gasteiger partial charge >= 0.3 is 0 Å². The zero-order chi connectivity index (χ0) is 17.3. The van der Waals surface area contributed by atoms with E-state index in [1.54, 1.807) is 0 Å². The van der Waals surface area contributed by atoms with Crippen molar-refractivity contribution in [1.29, 1.82) is 5.26 Å². The molecule has 0 aliphatic heterocycles. The van der Waals surface area contributed by atoms with Crippen LogP contribution in [0.3, 0.4) is 0 Å². The monoisotopic (exact) mass is 349 g/mol. The van der Waals surface area contributed by atoms with E-state index in [0.29, 0.717) is 24.2 Å². The second kappa shape index (κ2) is 6.05. The Morgan fingerprint density at radius 2 is 2.08 bits per heavy atom. The molecule has 0 bridgehead atoms. The number of hydrogen-bond acceptors (Lipinski definition) is 6. The molecule has 1 aromatic carbocycles. The lowest BCUT2D eigenvalue weighted by Gasteiger charge is -2.10. The fourth-order valence-corrected chi connectivity index (χ4v) is 3.75. The average Bonchev–Trinajstić information content (AvgIpc) is 2.98. The largest absolute Gasteiger partial charge is 0.360 e. The first-order chi connectivity index (χ1) is 11.4. The molecule has 7 nitrogen and oxygen atoms in total. The van der Waals surface area contributed by atoms with Gasteiger partial charge in [-0.1, -0.05) is 11.2 Å². The van der Waals surface area contributed by atoms with Crippen molar-refractivity contribution in [3.8, 4) is 6.07 Å². The number of fused-ring (bicyclic) bond motifs is 1. The van der Waals surface area contributed by atoms with Crippen LogP contribution in [0.15, 0.2) is 27.6 Å². The summed E-state index contributed by atoms with van der Waals surface area (Å²) >= 11 is 0. The molecule has 0 radical (unpaired) electrons. The van der Waals surface area contributed by atoms with Crippen LogP contribution in [-0.2, 0) is 22.9 Å². The summed E-state index contributed by atoms with van der Waals surface area (Å²) in [7, 11) is -4.42. The number of halogens is 1. The van der Waals surface area contributed by atoms with E-state index in [1.165, 1.54) is 6.07 Å². The molecule has 1 heterocycles. The Hall–Kier alpha value is -2.73. The van der Waals surface area contributed by atoms with Crippen molar-refractivity contribution in [2.45, 2.75) is 30.6 Å². The molecule has 1 aliphatic rings. The Morgan fingerprint density at radius 3 is 2.83 bits per heavy atom. The summed E-state index contributed by atoms with van der Waals surface area (Å²) in [5.74, 6) is -1.37. The smallest absolute Gasteiger partial charge is 0.287 e. The van der Waals surface area contributed by atoms with E-state index >= 15 is 0 Å². The van der Waals surface area contributed by atoms with Gasteiger partial charge in [0.1, 0.15) is 28.1 Å². The summed E-state index contributed by atoms with van der Waals surface area (Å²) < 4.78 is 45.1. The lowest BCUT2D eigenvalue weighted by Crippen LogP contribution is -2.32. The highest BCUT2D eigenvalue weighted by atomic mass is 32.2. The van der Waals surface area contributed by atoms with E-state index in [2.05, 4.69) is 5.16 Å². The second-order valence-electron chi connectivity index (χ2n) is 5.30. The highest BCUT2D eigenvalue weighted by molar-refractivity contribution is 7.90. The van der Waals surface area contributed by atoms with E-state index in [9.17, 15) is 17.6 Å². The van der Waals surface area contributed by atoms with Crippen LogP contribution in [0.2, 0.25) is 0 Å². The lowest BCUT2D eigenvalue weighted by atomic mass is 9.96.